The van der Waals surface area contributed by atoms with E-state index in [2.05, 4.69) is 6.07 Å². The lowest BCUT2D eigenvalue weighted by atomic mass is 10.1. The first-order chi connectivity index (χ1) is 9.13. The van der Waals surface area contributed by atoms with Crippen LogP contribution in [0.2, 0.25) is 0 Å². The van der Waals surface area contributed by atoms with Gasteiger partial charge < -0.3 is 9.47 Å². The maximum Gasteiger partial charge on any atom is 0.169 e. The van der Waals surface area contributed by atoms with Gasteiger partial charge in [-0.15, -0.1) is 0 Å². The third kappa shape index (κ3) is 2.86. The van der Waals surface area contributed by atoms with Crippen molar-refractivity contribution in [1.82, 2.24) is 0 Å². The van der Waals surface area contributed by atoms with Crippen molar-refractivity contribution in [2.75, 3.05) is 7.11 Å². The lowest BCUT2D eigenvalue weighted by molar-refractivity contribution is 0.378. The van der Waals surface area contributed by atoms with E-state index < -0.39 is 0 Å². The fourth-order valence-electron chi connectivity index (χ4n) is 1.81. The molecule has 0 aromatic heterocycles. The van der Waals surface area contributed by atoms with Crippen molar-refractivity contribution in [3.05, 3.63) is 53.1 Å². The average molecular weight is 253 g/mol. The molecule has 3 nitrogen and oxygen atoms in total. The van der Waals surface area contributed by atoms with Crippen molar-refractivity contribution in [1.29, 1.82) is 5.26 Å². The Hall–Kier alpha value is -2.47. The number of benzene rings is 2. The van der Waals surface area contributed by atoms with E-state index in [-0.39, 0.29) is 0 Å². The molecule has 0 heterocycles. The van der Waals surface area contributed by atoms with Gasteiger partial charge >= 0.3 is 0 Å². The van der Waals surface area contributed by atoms with E-state index in [1.165, 1.54) is 0 Å². The van der Waals surface area contributed by atoms with Gasteiger partial charge in [-0.05, 0) is 55.3 Å². The van der Waals surface area contributed by atoms with Crippen molar-refractivity contribution < 1.29 is 9.47 Å². The van der Waals surface area contributed by atoms with Gasteiger partial charge in [0.25, 0.3) is 0 Å². The Bertz CT molecular complexity index is 642. The zero-order valence-corrected chi connectivity index (χ0v) is 11.2. The molecular weight excluding hydrogens is 238 g/mol. The first-order valence-electron chi connectivity index (χ1n) is 5.97. The minimum absolute atomic E-state index is 0.656. The Balaban J connectivity index is 2.31. The van der Waals surface area contributed by atoms with Gasteiger partial charge in [0.2, 0.25) is 0 Å². The average Bonchev–Trinajstić information content (AvgIpc) is 2.41. The molecule has 0 spiro atoms. The Morgan fingerprint density at radius 1 is 1.00 bits per heavy atom. The van der Waals surface area contributed by atoms with Crippen molar-refractivity contribution in [3.8, 4) is 23.3 Å². The van der Waals surface area contributed by atoms with E-state index in [1.807, 2.05) is 38.1 Å². The van der Waals surface area contributed by atoms with Gasteiger partial charge in [0.15, 0.2) is 11.5 Å². The predicted molar refractivity (Wildman–Crippen MR) is 73.7 cm³/mol. The summed E-state index contributed by atoms with van der Waals surface area (Å²) in [4.78, 5) is 0. The molecule has 0 fully saturated rings. The lowest BCUT2D eigenvalue weighted by Crippen LogP contribution is -1.92. The van der Waals surface area contributed by atoms with Crippen LogP contribution in [0.25, 0.3) is 0 Å². The highest BCUT2D eigenvalue weighted by molar-refractivity contribution is 5.47. The fraction of sp³-hybridized carbons (Fsp3) is 0.188. The molecule has 0 aliphatic rings. The minimum Gasteiger partial charge on any atom is -0.493 e. The third-order valence-corrected chi connectivity index (χ3v) is 2.87. The zero-order chi connectivity index (χ0) is 13.8. The maximum absolute atomic E-state index is 8.90. The summed E-state index contributed by atoms with van der Waals surface area (Å²) in [6.07, 6.45) is 0. The number of aryl methyl sites for hydroxylation is 2. The van der Waals surface area contributed by atoms with E-state index >= 15 is 0 Å². The van der Waals surface area contributed by atoms with Crippen LogP contribution in [0.1, 0.15) is 16.7 Å². The normalized spacial score (nSPS) is 9.79. The largest absolute Gasteiger partial charge is 0.493 e. The molecule has 0 unspecified atom stereocenters. The number of ether oxygens (including phenoxy) is 2. The fourth-order valence-corrected chi connectivity index (χ4v) is 1.81. The van der Waals surface area contributed by atoms with Crippen molar-refractivity contribution >= 4 is 0 Å². The summed E-state index contributed by atoms with van der Waals surface area (Å²) >= 11 is 0. The van der Waals surface area contributed by atoms with Crippen LogP contribution >= 0.6 is 0 Å². The van der Waals surface area contributed by atoms with Crippen LogP contribution in [0.3, 0.4) is 0 Å². The highest BCUT2D eigenvalue weighted by Gasteiger charge is 2.07. The van der Waals surface area contributed by atoms with Gasteiger partial charge in [0.1, 0.15) is 5.75 Å². The first-order valence-corrected chi connectivity index (χ1v) is 5.97. The molecule has 0 radical (unpaired) electrons. The van der Waals surface area contributed by atoms with E-state index in [0.717, 1.165) is 11.1 Å². The Labute approximate surface area is 113 Å². The van der Waals surface area contributed by atoms with Gasteiger partial charge in [-0.1, -0.05) is 6.07 Å². The molecule has 0 amide bonds. The van der Waals surface area contributed by atoms with Crippen molar-refractivity contribution in [2.45, 2.75) is 13.8 Å². The maximum atomic E-state index is 8.90. The van der Waals surface area contributed by atoms with E-state index in [0.29, 0.717) is 22.8 Å². The Morgan fingerprint density at radius 3 is 2.42 bits per heavy atom. The number of nitriles is 1. The van der Waals surface area contributed by atoms with Crippen LogP contribution in [0, 0.1) is 25.2 Å². The van der Waals surface area contributed by atoms with Crippen LogP contribution < -0.4 is 9.47 Å². The van der Waals surface area contributed by atoms with Gasteiger partial charge in [0, 0.05) is 0 Å². The molecular formula is C16H15NO2. The number of hydrogen-bond donors (Lipinski definition) is 0. The molecule has 2 aromatic carbocycles. The summed E-state index contributed by atoms with van der Waals surface area (Å²) in [7, 11) is 1.62. The van der Waals surface area contributed by atoms with Crippen molar-refractivity contribution in [3.63, 3.8) is 0 Å². The molecule has 0 aliphatic carbocycles. The molecule has 19 heavy (non-hydrogen) atoms. The van der Waals surface area contributed by atoms with Gasteiger partial charge in [0.05, 0.1) is 18.7 Å². The van der Waals surface area contributed by atoms with Gasteiger partial charge in [-0.3, -0.25) is 0 Å². The summed E-state index contributed by atoms with van der Waals surface area (Å²) in [6.45, 7) is 3.88. The molecule has 0 N–H and O–H groups in total. The second kappa shape index (κ2) is 5.45. The van der Waals surface area contributed by atoms with Gasteiger partial charge in [-0.25, -0.2) is 0 Å². The molecule has 2 aromatic rings. The number of hydrogen-bond acceptors (Lipinski definition) is 3. The van der Waals surface area contributed by atoms with Crippen LogP contribution in [-0.2, 0) is 0 Å². The lowest BCUT2D eigenvalue weighted by Gasteiger charge is -2.11. The number of methoxy groups -OCH3 is 1. The highest BCUT2D eigenvalue weighted by Crippen LogP contribution is 2.32. The van der Waals surface area contributed by atoms with Crippen LogP contribution in [0.5, 0.6) is 17.2 Å². The second-order valence-electron chi connectivity index (χ2n) is 4.34. The Morgan fingerprint density at radius 2 is 1.79 bits per heavy atom. The zero-order valence-electron chi connectivity index (χ0n) is 11.2. The smallest absolute Gasteiger partial charge is 0.169 e. The molecule has 3 heteroatoms. The number of rotatable bonds is 3. The summed E-state index contributed by atoms with van der Waals surface area (Å²) in [5.41, 5.74) is 2.66. The third-order valence-electron chi connectivity index (χ3n) is 2.87. The minimum atomic E-state index is 0.656. The quantitative estimate of drug-likeness (QED) is 0.831. The van der Waals surface area contributed by atoms with E-state index in [1.54, 1.807) is 19.2 Å². The van der Waals surface area contributed by atoms with E-state index in [9.17, 15) is 0 Å². The molecule has 0 aliphatic heterocycles. The monoisotopic (exact) mass is 253 g/mol. The summed E-state index contributed by atoms with van der Waals surface area (Å²) < 4.78 is 11.1. The van der Waals surface area contributed by atoms with Gasteiger partial charge in [-0.2, -0.15) is 5.26 Å². The molecule has 2 rings (SSSR count). The summed E-state index contributed by atoms with van der Waals surface area (Å²) in [6, 6.07) is 13.3. The molecule has 96 valence electrons. The second-order valence-corrected chi connectivity index (χ2v) is 4.34. The van der Waals surface area contributed by atoms with E-state index in [4.69, 9.17) is 14.7 Å². The first kappa shape index (κ1) is 13.0. The molecule has 0 atom stereocenters. The number of nitrogens with zero attached hydrogens (tertiary/aromatic N) is 1. The summed E-state index contributed by atoms with van der Waals surface area (Å²) in [5.74, 6) is 2.05. The van der Waals surface area contributed by atoms with Crippen LogP contribution in [0.15, 0.2) is 36.4 Å². The predicted octanol–water partition coefficient (Wildman–Crippen LogP) is 3.98. The van der Waals surface area contributed by atoms with Crippen molar-refractivity contribution in [2.24, 2.45) is 0 Å². The summed E-state index contributed by atoms with van der Waals surface area (Å²) in [5, 5.41) is 8.90. The standard InChI is InChI=1S/C16H15NO2/c1-11-4-7-15(16(8-11)18-3)19-14-6-5-13(10-17)12(2)9-14/h4-9H,1-3H3. The molecule has 0 bridgehead atoms. The topological polar surface area (TPSA) is 42.2 Å². The van der Waals surface area contributed by atoms with Crippen LogP contribution in [-0.4, -0.2) is 7.11 Å². The molecule has 0 saturated carbocycles. The highest BCUT2D eigenvalue weighted by atomic mass is 16.5. The molecule has 0 saturated heterocycles. The SMILES string of the molecule is COc1cc(C)ccc1Oc1ccc(C#N)c(C)c1. The van der Waals surface area contributed by atoms with Crippen LogP contribution in [0.4, 0.5) is 0 Å². The Kier molecular flexibility index (Phi) is 3.72.